The third kappa shape index (κ3) is 4.03. The number of hydrogen-bond acceptors (Lipinski definition) is 1. The number of phenols is 1. The molecule has 51 valence electrons. The summed E-state index contributed by atoms with van der Waals surface area (Å²) in [4.78, 5) is 0. The van der Waals surface area contributed by atoms with Gasteiger partial charge in [0.2, 0.25) is 0 Å². The predicted molar refractivity (Wildman–Crippen MR) is 33.4 cm³/mol. The summed E-state index contributed by atoms with van der Waals surface area (Å²) in [7, 11) is 0. The Hall–Kier alpha value is -0.501. The molecule has 0 aliphatic carbocycles. The van der Waals surface area contributed by atoms with Gasteiger partial charge in [-0.15, -0.1) is 0 Å². The molecule has 1 radical (unpaired) electrons. The van der Waals surface area contributed by atoms with Crippen LogP contribution in [0.3, 0.4) is 0 Å². The van der Waals surface area contributed by atoms with Crippen LogP contribution in [0.15, 0.2) is 30.3 Å². The van der Waals surface area contributed by atoms with Crippen LogP contribution in [0.2, 0.25) is 0 Å². The number of para-hydroxylation sites is 1. The summed E-state index contributed by atoms with van der Waals surface area (Å²) in [5, 5.41) is 8.63. The SMILES string of the molecule is Oc1ccccc1.[Mn].[NH2-]. The standard InChI is InChI=1S/C6H6O.Mn.H2N/c7-6-4-2-1-3-5-6;;/h1-5,7H;;1H2/q;;-1. The van der Waals surface area contributed by atoms with E-state index in [0.717, 1.165) is 0 Å². The van der Waals surface area contributed by atoms with Crippen molar-refractivity contribution in [3.8, 4) is 5.75 Å². The van der Waals surface area contributed by atoms with E-state index in [2.05, 4.69) is 0 Å². The third-order valence-electron chi connectivity index (χ3n) is 0.756. The Kier molecular flexibility index (Phi) is 7.08. The summed E-state index contributed by atoms with van der Waals surface area (Å²) in [5.74, 6) is 0.322. The molecule has 0 amide bonds. The van der Waals surface area contributed by atoms with Crippen LogP contribution >= 0.6 is 0 Å². The summed E-state index contributed by atoms with van der Waals surface area (Å²) in [5.41, 5.74) is 0. The van der Waals surface area contributed by atoms with E-state index < -0.39 is 0 Å². The minimum atomic E-state index is 0. The van der Waals surface area contributed by atoms with Gasteiger partial charge in [0.25, 0.3) is 0 Å². The second-order valence-corrected chi connectivity index (χ2v) is 1.34. The first kappa shape index (κ1) is 11.3. The molecule has 3 N–H and O–H groups in total. The molecular weight excluding hydrogens is 157 g/mol. The fourth-order valence-electron chi connectivity index (χ4n) is 0.428. The van der Waals surface area contributed by atoms with Crippen LogP contribution in [-0.4, -0.2) is 5.11 Å². The minimum Gasteiger partial charge on any atom is -0.693 e. The first-order valence-corrected chi connectivity index (χ1v) is 2.13. The number of aromatic hydroxyl groups is 1. The Balaban J connectivity index is 0. The van der Waals surface area contributed by atoms with E-state index in [9.17, 15) is 0 Å². The fraction of sp³-hybridized carbons (Fsp3) is 0. The van der Waals surface area contributed by atoms with Gasteiger partial charge >= 0.3 is 0 Å². The van der Waals surface area contributed by atoms with E-state index in [4.69, 9.17) is 5.11 Å². The molecule has 0 unspecified atom stereocenters. The Morgan fingerprint density at radius 2 is 1.44 bits per heavy atom. The number of hydrogen-bond donors (Lipinski definition) is 1. The van der Waals surface area contributed by atoms with E-state index in [0.29, 0.717) is 5.75 Å². The molecule has 3 heteroatoms. The maximum Gasteiger partial charge on any atom is 0.115 e. The molecular formula is C6H8MnNO-. The topological polar surface area (TPSA) is 53.7 Å². The van der Waals surface area contributed by atoms with E-state index in [1.54, 1.807) is 24.3 Å². The number of phenolic OH excluding ortho intramolecular Hbond substituents is 1. The van der Waals surface area contributed by atoms with Crippen molar-refractivity contribution in [2.75, 3.05) is 0 Å². The van der Waals surface area contributed by atoms with Crippen LogP contribution in [0.1, 0.15) is 0 Å². The van der Waals surface area contributed by atoms with Gasteiger partial charge in [-0.2, -0.15) is 0 Å². The van der Waals surface area contributed by atoms with E-state index in [-0.39, 0.29) is 23.2 Å². The summed E-state index contributed by atoms with van der Waals surface area (Å²) in [6.45, 7) is 0. The second-order valence-electron chi connectivity index (χ2n) is 1.34. The number of rotatable bonds is 0. The molecule has 1 aromatic carbocycles. The molecule has 9 heavy (non-hydrogen) atoms. The molecule has 2 nitrogen and oxygen atoms in total. The van der Waals surface area contributed by atoms with E-state index in [1.807, 2.05) is 6.07 Å². The molecule has 1 aromatic rings. The molecule has 0 saturated carbocycles. The van der Waals surface area contributed by atoms with E-state index >= 15 is 0 Å². The van der Waals surface area contributed by atoms with Crippen LogP contribution in [0.4, 0.5) is 0 Å². The van der Waals surface area contributed by atoms with Crippen molar-refractivity contribution in [3.05, 3.63) is 36.5 Å². The normalized spacial score (nSPS) is 6.67. The van der Waals surface area contributed by atoms with Gasteiger partial charge < -0.3 is 11.3 Å². The van der Waals surface area contributed by atoms with Crippen LogP contribution in [0.5, 0.6) is 5.75 Å². The average molecular weight is 165 g/mol. The van der Waals surface area contributed by atoms with Gasteiger partial charge in [0.1, 0.15) is 5.75 Å². The molecule has 0 heterocycles. The molecule has 0 aliphatic rings. The van der Waals surface area contributed by atoms with Crippen molar-refractivity contribution < 1.29 is 22.2 Å². The van der Waals surface area contributed by atoms with Crippen molar-refractivity contribution >= 4 is 0 Å². The molecule has 0 spiro atoms. The maximum atomic E-state index is 8.63. The van der Waals surface area contributed by atoms with Gasteiger partial charge in [-0.3, -0.25) is 0 Å². The van der Waals surface area contributed by atoms with Crippen LogP contribution in [-0.2, 0) is 17.1 Å². The van der Waals surface area contributed by atoms with Gasteiger partial charge in [0.05, 0.1) is 0 Å². The monoisotopic (exact) mass is 165 g/mol. The summed E-state index contributed by atoms with van der Waals surface area (Å²) in [6, 6.07) is 8.71. The molecule has 0 saturated heterocycles. The van der Waals surface area contributed by atoms with Crippen molar-refractivity contribution in [3.63, 3.8) is 0 Å². The quantitative estimate of drug-likeness (QED) is 0.588. The molecule has 0 fully saturated rings. The summed E-state index contributed by atoms with van der Waals surface area (Å²) < 4.78 is 0. The van der Waals surface area contributed by atoms with Gasteiger partial charge in [-0.05, 0) is 12.1 Å². The maximum absolute atomic E-state index is 8.63. The molecule has 0 bridgehead atoms. The first-order valence-electron chi connectivity index (χ1n) is 2.13. The zero-order chi connectivity index (χ0) is 5.11. The minimum absolute atomic E-state index is 0. The molecule has 0 atom stereocenters. The Labute approximate surface area is 65.0 Å². The predicted octanol–water partition coefficient (Wildman–Crippen LogP) is 2.11. The molecule has 0 aliphatic heterocycles. The largest absolute Gasteiger partial charge is 0.693 e. The van der Waals surface area contributed by atoms with Gasteiger partial charge in [0.15, 0.2) is 0 Å². The smallest absolute Gasteiger partial charge is 0.115 e. The van der Waals surface area contributed by atoms with Gasteiger partial charge in [-0.1, -0.05) is 18.2 Å². The van der Waals surface area contributed by atoms with Crippen LogP contribution in [0, 0.1) is 0 Å². The van der Waals surface area contributed by atoms with Crippen molar-refractivity contribution in [2.24, 2.45) is 0 Å². The number of benzene rings is 1. The Morgan fingerprint density at radius 3 is 1.67 bits per heavy atom. The van der Waals surface area contributed by atoms with Crippen molar-refractivity contribution in [2.45, 2.75) is 0 Å². The number of nitrogens with two attached hydrogens (primary N) is 1. The second kappa shape index (κ2) is 5.63. The average Bonchev–Trinajstić information content (AvgIpc) is 1.69. The Morgan fingerprint density at radius 1 is 1.00 bits per heavy atom. The van der Waals surface area contributed by atoms with Gasteiger partial charge in [0, 0.05) is 17.1 Å². The zero-order valence-corrected chi connectivity index (χ0v) is 5.97. The first-order chi connectivity index (χ1) is 3.39. The van der Waals surface area contributed by atoms with Crippen molar-refractivity contribution in [1.29, 1.82) is 0 Å². The molecule has 1 rings (SSSR count). The third-order valence-corrected chi connectivity index (χ3v) is 0.756. The van der Waals surface area contributed by atoms with Gasteiger partial charge in [-0.25, -0.2) is 0 Å². The summed E-state index contributed by atoms with van der Waals surface area (Å²) >= 11 is 0. The molecule has 0 aromatic heterocycles. The van der Waals surface area contributed by atoms with Crippen molar-refractivity contribution in [1.82, 2.24) is 0 Å². The fourth-order valence-corrected chi connectivity index (χ4v) is 0.428. The Bertz CT molecular complexity index is 143. The van der Waals surface area contributed by atoms with Crippen LogP contribution in [0.25, 0.3) is 6.15 Å². The van der Waals surface area contributed by atoms with Crippen LogP contribution < -0.4 is 0 Å². The zero-order valence-electron chi connectivity index (χ0n) is 4.79. The summed E-state index contributed by atoms with van der Waals surface area (Å²) in [6.07, 6.45) is 0. The van der Waals surface area contributed by atoms with E-state index in [1.165, 1.54) is 0 Å².